The van der Waals surface area contributed by atoms with Gasteiger partial charge in [-0.3, -0.25) is 4.79 Å². The van der Waals surface area contributed by atoms with Crippen LogP contribution < -0.4 is 10.1 Å². The van der Waals surface area contributed by atoms with Crippen molar-refractivity contribution in [2.24, 2.45) is 7.05 Å². The van der Waals surface area contributed by atoms with Gasteiger partial charge in [0.2, 0.25) is 0 Å². The number of hydrogen-bond donors (Lipinski definition) is 1. The molecule has 0 aliphatic carbocycles. The second-order valence-electron chi connectivity index (χ2n) is 8.48. The summed E-state index contributed by atoms with van der Waals surface area (Å²) in [5.74, 6) is 1.51. The molecule has 1 aromatic carbocycles. The number of nitrogens with one attached hydrogen (secondary N) is 1. The zero-order valence-electron chi connectivity index (χ0n) is 18.1. The van der Waals surface area contributed by atoms with Gasteiger partial charge < -0.3 is 24.3 Å². The lowest BCUT2D eigenvalue weighted by Crippen LogP contribution is -2.47. The summed E-state index contributed by atoms with van der Waals surface area (Å²) in [5, 5.41) is 2.89. The van der Waals surface area contributed by atoms with Crippen molar-refractivity contribution >= 4 is 12.0 Å². The monoisotopic (exact) mass is 414 g/mol. The Morgan fingerprint density at radius 3 is 2.40 bits per heavy atom. The van der Waals surface area contributed by atoms with Crippen molar-refractivity contribution in [3.05, 3.63) is 48.0 Å². The highest BCUT2D eigenvalue weighted by atomic mass is 16.6. The third-order valence-corrected chi connectivity index (χ3v) is 4.89. The third kappa shape index (κ3) is 5.98. The maximum Gasteiger partial charge on any atom is 0.407 e. The zero-order chi connectivity index (χ0) is 21.7. The van der Waals surface area contributed by atoms with Crippen LogP contribution in [0, 0.1) is 0 Å². The van der Waals surface area contributed by atoms with Gasteiger partial charge in [0.05, 0.1) is 0 Å². The maximum atomic E-state index is 12.8. The number of aryl methyl sites for hydroxylation is 1. The average Bonchev–Trinajstić information content (AvgIpc) is 3.10. The Kier molecular flexibility index (Phi) is 6.64. The van der Waals surface area contributed by atoms with E-state index in [2.05, 4.69) is 10.3 Å². The minimum Gasteiger partial charge on any atom is -0.486 e. The molecule has 8 heteroatoms. The quantitative estimate of drug-likeness (QED) is 0.812. The predicted molar refractivity (Wildman–Crippen MR) is 112 cm³/mol. The van der Waals surface area contributed by atoms with E-state index < -0.39 is 11.7 Å². The van der Waals surface area contributed by atoms with E-state index >= 15 is 0 Å². The molecule has 0 radical (unpaired) electrons. The van der Waals surface area contributed by atoms with E-state index in [0.29, 0.717) is 43.9 Å². The van der Waals surface area contributed by atoms with Crippen LogP contribution >= 0.6 is 0 Å². The topological polar surface area (TPSA) is 85.7 Å². The Balaban J connectivity index is 1.46. The molecule has 2 heterocycles. The van der Waals surface area contributed by atoms with Crippen LogP contribution in [0.3, 0.4) is 0 Å². The number of aromatic nitrogens is 2. The van der Waals surface area contributed by atoms with Gasteiger partial charge in [-0.25, -0.2) is 9.78 Å². The van der Waals surface area contributed by atoms with Crippen molar-refractivity contribution in [1.82, 2.24) is 19.8 Å². The summed E-state index contributed by atoms with van der Waals surface area (Å²) < 4.78 is 12.9. The van der Waals surface area contributed by atoms with Crippen LogP contribution in [0.15, 0.2) is 36.7 Å². The van der Waals surface area contributed by atoms with E-state index in [1.165, 1.54) is 0 Å². The highest BCUT2D eigenvalue weighted by Gasteiger charge is 2.26. The first-order chi connectivity index (χ1) is 14.2. The molecule has 162 valence electrons. The van der Waals surface area contributed by atoms with Crippen LogP contribution in [0.4, 0.5) is 4.79 Å². The lowest BCUT2D eigenvalue weighted by Gasteiger charge is -2.33. The predicted octanol–water partition coefficient (Wildman–Crippen LogP) is 3.13. The maximum absolute atomic E-state index is 12.8. The molecule has 0 atom stereocenters. The van der Waals surface area contributed by atoms with Crippen molar-refractivity contribution < 1.29 is 19.1 Å². The van der Waals surface area contributed by atoms with Crippen molar-refractivity contribution in [3.63, 3.8) is 0 Å². The molecule has 30 heavy (non-hydrogen) atoms. The number of nitrogens with zero attached hydrogens (tertiary/aromatic N) is 3. The number of likely N-dealkylation sites (tertiary alicyclic amines) is 1. The van der Waals surface area contributed by atoms with E-state index in [1.807, 2.05) is 43.5 Å². The molecule has 1 aromatic heterocycles. The second kappa shape index (κ2) is 9.19. The number of carbonyl (C=O) groups is 2. The highest BCUT2D eigenvalue weighted by Crippen LogP contribution is 2.18. The SMILES string of the molecule is Cn1ccnc1COc1ccc(C(=O)N2CCC(NC(=O)OC(C)(C)C)CC2)cc1. The number of carbonyl (C=O) groups excluding carboxylic acids is 2. The number of rotatable bonds is 5. The molecular formula is C22H30N4O4. The fourth-order valence-electron chi connectivity index (χ4n) is 3.26. The molecule has 8 nitrogen and oxygen atoms in total. The Bertz CT molecular complexity index is 862. The van der Waals surface area contributed by atoms with Gasteiger partial charge in [-0.2, -0.15) is 0 Å². The van der Waals surface area contributed by atoms with Crippen molar-refractivity contribution in [1.29, 1.82) is 0 Å². The number of piperidine rings is 1. The molecule has 3 rings (SSSR count). The van der Waals surface area contributed by atoms with E-state index in [-0.39, 0.29) is 11.9 Å². The van der Waals surface area contributed by atoms with Crippen LogP contribution in [0.1, 0.15) is 49.8 Å². The van der Waals surface area contributed by atoms with Gasteiger partial charge in [0.25, 0.3) is 5.91 Å². The van der Waals surface area contributed by atoms with Gasteiger partial charge in [-0.15, -0.1) is 0 Å². The second-order valence-corrected chi connectivity index (χ2v) is 8.48. The van der Waals surface area contributed by atoms with Crippen LogP contribution in [0.25, 0.3) is 0 Å². The van der Waals surface area contributed by atoms with Crippen LogP contribution in [-0.2, 0) is 18.4 Å². The largest absolute Gasteiger partial charge is 0.486 e. The van der Waals surface area contributed by atoms with E-state index in [9.17, 15) is 9.59 Å². The molecule has 0 bridgehead atoms. The van der Waals surface area contributed by atoms with Crippen LogP contribution in [0.5, 0.6) is 5.75 Å². The molecule has 0 saturated carbocycles. The first kappa shape index (κ1) is 21.7. The molecule has 1 saturated heterocycles. The summed E-state index contributed by atoms with van der Waals surface area (Å²) in [6.07, 6.45) is 4.60. The number of benzene rings is 1. The Labute approximate surface area is 177 Å². The van der Waals surface area contributed by atoms with Crippen molar-refractivity contribution in [2.45, 2.75) is 51.9 Å². The molecule has 0 spiro atoms. The summed E-state index contributed by atoms with van der Waals surface area (Å²) in [5.41, 5.74) is 0.103. The number of imidazole rings is 1. The molecule has 1 aliphatic heterocycles. The van der Waals surface area contributed by atoms with Crippen LogP contribution in [-0.4, -0.2) is 51.2 Å². The van der Waals surface area contributed by atoms with E-state index in [0.717, 1.165) is 5.82 Å². The molecule has 1 aliphatic rings. The zero-order valence-corrected chi connectivity index (χ0v) is 18.1. The van der Waals surface area contributed by atoms with Crippen LogP contribution in [0.2, 0.25) is 0 Å². The molecule has 1 N–H and O–H groups in total. The minimum absolute atomic E-state index is 0.0126. The fourth-order valence-corrected chi connectivity index (χ4v) is 3.26. The lowest BCUT2D eigenvalue weighted by molar-refractivity contribution is 0.0473. The summed E-state index contributed by atoms with van der Waals surface area (Å²) >= 11 is 0. The lowest BCUT2D eigenvalue weighted by atomic mass is 10.0. The van der Waals surface area contributed by atoms with E-state index in [1.54, 1.807) is 30.5 Å². The van der Waals surface area contributed by atoms with Gasteiger partial charge in [0, 0.05) is 44.1 Å². The molecule has 0 unspecified atom stereocenters. The number of amides is 2. The summed E-state index contributed by atoms with van der Waals surface area (Å²) in [6, 6.07) is 7.17. The van der Waals surface area contributed by atoms with Gasteiger partial charge in [0.15, 0.2) is 0 Å². The van der Waals surface area contributed by atoms with Gasteiger partial charge in [-0.05, 0) is 57.9 Å². The summed E-state index contributed by atoms with van der Waals surface area (Å²) in [4.78, 5) is 30.7. The summed E-state index contributed by atoms with van der Waals surface area (Å²) in [6.45, 7) is 7.07. The minimum atomic E-state index is -0.520. The molecule has 1 fully saturated rings. The van der Waals surface area contributed by atoms with Crippen molar-refractivity contribution in [2.75, 3.05) is 13.1 Å². The molecule has 2 aromatic rings. The van der Waals surface area contributed by atoms with Crippen molar-refractivity contribution in [3.8, 4) is 5.75 Å². The molecule has 2 amide bonds. The first-order valence-corrected chi connectivity index (χ1v) is 10.2. The molecular weight excluding hydrogens is 384 g/mol. The Morgan fingerprint density at radius 1 is 1.17 bits per heavy atom. The number of ether oxygens (including phenoxy) is 2. The highest BCUT2D eigenvalue weighted by molar-refractivity contribution is 5.94. The smallest absolute Gasteiger partial charge is 0.407 e. The van der Waals surface area contributed by atoms with E-state index in [4.69, 9.17) is 9.47 Å². The van der Waals surface area contributed by atoms with Gasteiger partial charge in [-0.1, -0.05) is 0 Å². The first-order valence-electron chi connectivity index (χ1n) is 10.2. The Hall–Kier alpha value is -3.03. The fraction of sp³-hybridized carbons (Fsp3) is 0.500. The average molecular weight is 415 g/mol. The standard InChI is InChI=1S/C22H30N4O4/c1-22(2,3)30-21(28)24-17-9-12-26(13-10-17)20(27)16-5-7-18(8-6-16)29-15-19-23-11-14-25(19)4/h5-8,11,14,17H,9-10,12-13,15H2,1-4H3,(H,24,28). The normalized spacial score (nSPS) is 15.0. The Morgan fingerprint density at radius 2 is 1.83 bits per heavy atom. The summed E-state index contributed by atoms with van der Waals surface area (Å²) in [7, 11) is 1.92. The number of alkyl carbamates (subject to hydrolysis) is 1. The van der Waals surface area contributed by atoms with Gasteiger partial charge in [0.1, 0.15) is 23.8 Å². The van der Waals surface area contributed by atoms with Gasteiger partial charge >= 0.3 is 6.09 Å². The third-order valence-electron chi connectivity index (χ3n) is 4.89. The number of hydrogen-bond acceptors (Lipinski definition) is 5.